The molecule has 0 aliphatic carbocycles. The second-order valence-electron chi connectivity index (χ2n) is 6.55. The van der Waals surface area contributed by atoms with Crippen molar-refractivity contribution < 1.29 is 18.0 Å². The highest BCUT2D eigenvalue weighted by Crippen LogP contribution is 2.28. The van der Waals surface area contributed by atoms with Gasteiger partial charge < -0.3 is 5.32 Å². The minimum Gasteiger partial charge on any atom is -0.349 e. The lowest BCUT2D eigenvalue weighted by atomic mass is 10.1. The molecule has 0 radical (unpaired) electrons. The van der Waals surface area contributed by atoms with E-state index in [-0.39, 0.29) is 24.1 Å². The maximum atomic E-state index is 12.9. The largest absolute Gasteiger partial charge is 0.453 e. The highest BCUT2D eigenvalue weighted by Gasteiger charge is 2.37. The standard InChI is InChI=1S/C18H16Cl2F3N5O/c1-8(11-4-5-13(19)14(20)6-11)24-15(29)7-12-9(2)25-17-26-16(18(21,22)23)27-28(17)10(12)3/h4-6,8H,7H2,1-3H3,(H,24,29). The molecule has 3 aromatic rings. The van der Waals surface area contributed by atoms with Crippen LogP contribution < -0.4 is 5.32 Å². The molecule has 29 heavy (non-hydrogen) atoms. The Kier molecular flexibility index (Phi) is 5.73. The second-order valence-corrected chi connectivity index (χ2v) is 7.36. The van der Waals surface area contributed by atoms with Crippen LogP contribution in [0.25, 0.3) is 5.78 Å². The number of hydrogen-bond acceptors (Lipinski definition) is 4. The normalized spacial score (nSPS) is 13.0. The SMILES string of the molecule is Cc1nc2nc(C(F)(F)F)nn2c(C)c1CC(=O)NC(C)c1ccc(Cl)c(Cl)c1. The molecule has 6 nitrogen and oxygen atoms in total. The van der Waals surface area contributed by atoms with E-state index in [0.717, 1.165) is 10.1 Å². The molecule has 0 saturated carbocycles. The molecule has 154 valence electrons. The van der Waals surface area contributed by atoms with Gasteiger partial charge in [0.1, 0.15) is 0 Å². The highest BCUT2D eigenvalue weighted by molar-refractivity contribution is 6.42. The summed E-state index contributed by atoms with van der Waals surface area (Å²) in [5.41, 5.74) is 2.03. The van der Waals surface area contributed by atoms with Gasteiger partial charge in [0.2, 0.25) is 5.91 Å². The monoisotopic (exact) mass is 445 g/mol. The number of aryl methyl sites for hydroxylation is 2. The molecule has 1 N–H and O–H groups in total. The summed E-state index contributed by atoms with van der Waals surface area (Å²) in [5.74, 6) is -1.77. The fourth-order valence-electron chi connectivity index (χ4n) is 2.90. The van der Waals surface area contributed by atoms with E-state index in [4.69, 9.17) is 23.2 Å². The summed E-state index contributed by atoms with van der Waals surface area (Å²) in [4.78, 5) is 20.0. The molecule has 0 bridgehead atoms. The average Bonchev–Trinajstić information content (AvgIpc) is 3.05. The van der Waals surface area contributed by atoms with E-state index in [2.05, 4.69) is 20.4 Å². The first-order valence-corrected chi connectivity index (χ1v) is 9.27. The number of fused-ring (bicyclic) bond motifs is 1. The van der Waals surface area contributed by atoms with Crippen LogP contribution in [0.15, 0.2) is 18.2 Å². The first kappa shape index (κ1) is 21.3. The van der Waals surface area contributed by atoms with Gasteiger partial charge in [-0.15, -0.1) is 5.10 Å². The molecular formula is C18H16Cl2F3N5O. The van der Waals surface area contributed by atoms with E-state index >= 15 is 0 Å². The quantitative estimate of drug-likeness (QED) is 0.642. The number of alkyl halides is 3. The van der Waals surface area contributed by atoms with E-state index in [1.807, 2.05) is 0 Å². The number of hydrogen-bond donors (Lipinski definition) is 1. The first-order chi connectivity index (χ1) is 13.5. The van der Waals surface area contributed by atoms with Crippen LogP contribution in [-0.4, -0.2) is 25.5 Å². The third kappa shape index (κ3) is 4.45. The van der Waals surface area contributed by atoms with Crippen molar-refractivity contribution in [3.05, 3.63) is 56.6 Å². The molecule has 2 heterocycles. The predicted octanol–water partition coefficient (Wildman–Crippen LogP) is 4.49. The molecule has 11 heteroatoms. The van der Waals surface area contributed by atoms with Crippen molar-refractivity contribution in [2.45, 2.75) is 39.4 Å². The molecule has 1 amide bonds. The number of carbonyl (C=O) groups is 1. The van der Waals surface area contributed by atoms with Crippen molar-refractivity contribution in [3.8, 4) is 0 Å². The van der Waals surface area contributed by atoms with Gasteiger partial charge in [0.25, 0.3) is 11.6 Å². The van der Waals surface area contributed by atoms with Crippen molar-refractivity contribution in [3.63, 3.8) is 0 Å². The van der Waals surface area contributed by atoms with Gasteiger partial charge >= 0.3 is 6.18 Å². The van der Waals surface area contributed by atoms with E-state index < -0.39 is 12.0 Å². The van der Waals surface area contributed by atoms with E-state index in [1.165, 1.54) is 0 Å². The van der Waals surface area contributed by atoms with Crippen LogP contribution in [0.2, 0.25) is 10.0 Å². The Labute approximate surface area is 174 Å². The molecule has 0 fully saturated rings. The van der Waals surface area contributed by atoms with Gasteiger partial charge in [-0.1, -0.05) is 29.3 Å². The van der Waals surface area contributed by atoms with Crippen molar-refractivity contribution in [1.29, 1.82) is 0 Å². The number of amides is 1. The number of carbonyl (C=O) groups excluding carboxylic acids is 1. The number of nitrogens with zero attached hydrogens (tertiary/aromatic N) is 4. The Bertz CT molecular complexity index is 1100. The van der Waals surface area contributed by atoms with Gasteiger partial charge in [-0.3, -0.25) is 4.79 Å². The van der Waals surface area contributed by atoms with Crippen LogP contribution in [0, 0.1) is 13.8 Å². The van der Waals surface area contributed by atoms with Crippen molar-refractivity contribution >= 4 is 34.9 Å². The zero-order valence-electron chi connectivity index (χ0n) is 15.6. The summed E-state index contributed by atoms with van der Waals surface area (Å²) in [7, 11) is 0. The molecule has 1 aromatic carbocycles. The minimum atomic E-state index is -4.68. The third-order valence-electron chi connectivity index (χ3n) is 4.46. The molecule has 0 spiro atoms. The second kappa shape index (κ2) is 7.79. The Morgan fingerprint density at radius 2 is 1.90 bits per heavy atom. The van der Waals surface area contributed by atoms with Gasteiger partial charge in [0.15, 0.2) is 0 Å². The van der Waals surface area contributed by atoms with E-state index in [9.17, 15) is 18.0 Å². The lowest BCUT2D eigenvalue weighted by Crippen LogP contribution is -2.29. The van der Waals surface area contributed by atoms with Gasteiger partial charge in [-0.05, 0) is 38.5 Å². The van der Waals surface area contributed by atoms with Crippen LogP contribution in [0.5, 0.6) is 0 Å². The first-order valence-electron chi connectivity index (χ1n) is 8.51. The van der Waals surface area contributed by atoms with Crippen LogP contribution in [0.3, 0.4) is 0 Å². The van der Waals surface area contributed by atoms with Gasteiger partial charge in [-0.25, -0.2) is 9.50 Å². The molecular weight excluding hydrogens is 430 g/mol. The van der Waals surface area contributed by atoms with Gasteiger partial charge in [-0.2, -0.15) is 18.2 Å². The Morgan fingerprint density at radius 1 is 1.21 bits per heavy atom. The number of rotatable bonds is 4. The summed E-state index contributed by atoms with van der Waals surface area (Å²) >= 11 is 11.9. The van der Waals surface area contributed by atoms with Gasteiger partial charge in [0.05, 0.1) is 22.5 Å². The number of aromatic nitrogens is 4. The van der Waals surface area contributed by atoms with Crippen molar-refractivity contribution in [1.82, 2.24) is 24.9 Å². The Morgan fingerprint density at radius 3 is 2.52 bits per heavy atom. The molecule has 1 unspecified atom stereocenters. The van der Waals surface area contributed by atoms with Crippen molar-refractivity contribution in [2.75, 3.05) is 0 Å². The third-order valence-corrected chi connectivity index (χ3v) is 5.20. The topological polar surface area (TPSA) is 72.2 Å². The molecule has 2 aromatic heterocycles. The molecule has 1 atom stereocenters. The average molecular weight is 446 g/mol. The minimum absolute atomic E-state index is 0.0759. The smallest absolute Gasteiger partial charge is 0.349 e. The molecule has 3 rings (SSSR count). The highest BCUT2D eigenvalue weighted by atomic mass is 35.5. The van der Waals surface area contributed by atoms with E-state index in [0.29, 0.717) is 27.0 Å². The predicted molar refractivity (Wildman–Crippen MR) is 102 cm³/mol. The maximum Gasteiger partial charge on any atom is 0.453 e. The van der Waals surface area contributed by atoms with E-state index in [1.54, 1.807) is 39.0 Å². The molecule has 0 saturated heterocycles. The van der Waals surface area contributed by atoms with Gasteiger partial charge in [0, 0.05) is 17.0 Å². The summed E-state index contributed by atoms with van der Waals surface area (Å²) in [6.07, 6.45) is -4.76. The van der Waals surface area contributed by atoms with Crippen LogP contribution >= 0.6 is 23.2 Å². The summed E-state index contributed by atoms with van der Waals surface area (Å²) < 4.78 is 39.6. The summed E-state index contributed by atoms with van der Waals surface area (Å²) in [6, 6.07) is 4.69. The molecule has 0 aliphatic rings. The summed E-state index contributed by atoms with van der Waals surface area (Å²) in [6.45, 7) is 4.97. The zero-order chi connectivity index (χ0) is 21.5. The van der Waals surface area contributed by atoms with Crippen molar-refractivity contribution in [2.24, 2.45) is 0 Å². The Balaban J connectivity index is 1.83. The zero-order valence-corrected chi connectivity index (χ0v) is 17.1. The molecule has 0 aliphatic heterocycles. The van der Waals surface area contributed by atoms with Crippen LogP contribution in [-0.2, 0) is 17.4 Å². The summed E-state index contributed by atoms with van der Waals surface area (Å²) in [5, 5.41) is 7.09. The lowest BCUT2D eigenvalue weighted by Gasteiger charge is -2.16. The maximum absolute atomic E-state index is 12.9. The fourth-order valence-corrected chi connectivity index (χ4v) is 3.21. The Hall–Kier alpha value is -2.39. The number of nitrogens with one attached hydrogen (secondary N) is 1. The number of benzene rings is 1. The number of halogens is 5. The van der Waals surface area contributed by atoms with Crippen LogP contribution in [0.1, 0.15) is 41.3 Å². The van der Waals surface area contributed by atoms with Crippen LogP contribution in [0.4, 0.5) is 13.2 Å². The lowest BCUT2D eigenvalue weighted by molar-refractivity contribution is -0.144. The fraction of sp³-hybridized carbons (Fsp3) is 0.333.